The number of nitrogens with one attached hydrogen (secondary N) is 1. The second-order valence-electron chi connectivity index (χ2n) is 6.55. The number of benzene rings is 1. The number of carbonyl (C=O) groups is 2. The molecule has 2 N–H and O–H groups in total. The van der Waals surface area contributed by atoms with Crippen LogP contribution >= 0.6 is 0 Å². The summed E-state index contributed by atoms with van der Waals surface area (Å²) in [5.41, 5.74) is -0.0541. The minimum Gasteiger partial charge on any atom is -0.481 e. The molecule has 2 amide bonds. The molecular formula is C17H21F2N3O3. The number of para-hydroxylation sites is 1. The Kier molecular flexibility index (Phi) is 5.06. The molecule has 2 aliphatic rings. The summed E-state index contributed by atoms with van der Waals surface area (Å²) in [6, 6.07) is 3.33. The molecule has 2 heterocycles. The van der Waals surface area contributed by atoms with E-state index in [9.17, 15) is 18.4 Å². The van der Waals surface area contributed by atoms with Crippen LogP contribution in [-0.2, 0) is 4.79 Å². The number of hydrogen-bond acceptors (Lipinski definition) is 3. The Morgan fingerprint density at radius 1 is 1.08 bits per heavy atom. The number of piperidine rings is 1. The number of likely N-dealkylation sites (tertiary alicyclic amines) is 1. The molecule has 0 radical (unpaired) electrons. The second-order valence-corrected chi connectivity index (χ2v) is 6.55. The lowest BCUT2D eigenvalue weighted by molar-refractivity contribution is -0.143. The lowest BCUT2D eigenvalue weighted by atomic mass is 9.97. The van der Waals surface area contributed by atoms with Crippen LogP contribution in [0.3, 0.4) is 0 Å². The van der Waals surface area contributed by atoms with Crippen LogP contribution in [0.25, 0.3) is 0 Å². The topological polar surface area (TPSA) is 72.9 Å². The first kappa shape index (κ1) is 17.4. The Morgan fingerprint density at radius 3 is 2.32 bits per heavy atom. The molecule has 0 aromatic heterocycles. The predicted octanol–water partition coefficient (Wildman–Crippen LogP) is 2.05. The number of anilines is 1. The molecule has 8 heteroatoms. The molecule has 0 spiro atoms. The number of amides is 2. The average Bonchev–Trinajstić information content (AvgIpc) is 3.02. The highest BCUT2D eigenvalue weighted by Crippen LogP contribution is 2.27. The van der Waals surface area contributed by atoms with Crippen LogP contribution in [0, 0.1) is 17.6 Å². The Balaban J connectivity index is 1.53. The fraction of sp³-hybridized carbons (Fsp3) is 0.529. The van der Waals surface area contributed by atoms with E-state index in [0.717, 1.165) is 0 Å². The number of hydrogen-bond donors (Lipinski definition) is 2. The van der Waals surface area contributed by atoms with E-state index < -0.39 is 23.5 Å². The zero-order valence-corrected chi connectivity index (χ0v) is 13.8. The fourth-order valence-electron chi connectivity index (χ4n) is 3.47. The summed E-state index contributed by atoms with van der Waals surface area (Å²) in [5, 5.41) is 11.9. The molecule has 1 atom stereocenters. The van der Waals surface area contributed by atoms with Crippen molar-refractivity contribution in [3.05, 3.63) is 29.8 Å². The molecule has 3 rings (SSSR count). The summed E-state index contributed by atoms with van der Waals surface area (Å²) >= 11 is 0. The first-order chi connectivity index (χ1) is 12.0. The summed E-state index contributed by atoms with van der Waals surface area (Å²) in [6.07, 6.45) is 1.49. The van der Waals surface area contributed by atoms with Gasteiger partial charge in [-0.25, -0.2) is 13.6 Å². The van der Waals surface area contributed by atoms with Gasteiger partial charge in [-0.1, -0.05) is 6.07 Å². The lowest BCUT2D eigenvalue weighted by Crippen LogP contribution is -2.49. The molecule has 136 valence electrons. The third-order valence-corrected chi connectivity index (χ3v) is 4.90. The molecule has 1 unspecified atom stereocenters. The number of carboxylic acids is 1. The van der Waals surface area contributed by atoms with E-state index in [4.69, 9.17) is 5.11 Å². The molecule has 2 aliphatic heterocycles. The molecule has 6 nitrogen and oxygen atoms in total. The van der Waals surface area contributed by atoms with E-state index in [1.807, 2.05) is 0 Å². The third-order valence-electron chi connectivity index (χ3n) is 4.90. The highest BCUT2D eigenvalue weighted by atomic mass is 19.1. The van der Waals surface area contributed by atoms with Crippen molar-refractivity contribution in [3.8, 4) is 0 Å². The number of rotatable bonds is 3. The Bertz CT molecular complexity index is 642. The maximum absolute atomic E-state index is 13.9. The molecule has 25 heavy (non-hydrogen) atoms. The fourth-order valence-corrected chi connectivity index (χ4v) is 3.47. The molecule has 1 aromatic rings. The molecule has 0 aliphatic carbocycles. The summed E-state index contributed by atoms with van der Waals surface area (Å²) < 4.78 is 27.7. The standard InChI is InChI=1S/C17H21F2N3O3/c18-13-2-1-3-14(19)15(13)22-9-6-12(10-22)20-17(25)21-7-4-11(5-8-21)16(23)24/h1-3,11-12H,4-10H2,(H,20,25)(H,23,24). The van der Waals surface area contributed by atoms with Gasteiger partial charge in [0.05, 0.1) is 5.92 Å². The zero-order valence-electron chi connectivity index (χ0n) is 13.8. The van der Waals surface area contributed by atoms with Crippen molar-refractivity contribution < 1.29 is 23.5 Å². The van der Waals surface area contributed by atoms with E-state index in [2.05, 4.69) is 5.32 Å². The third kappa shape index (κ3) is 3.83. The number of urea groups is 1. The van der Waals surface area contributed by atoms with Crippen molar-refractivity contribution in [2.45, 2.75) is 25.3 Å². The maximum atomic E-state index is 13.9. The highest BCUT2D eigenvalue weighted by Gasteiger charge is 2.31. The SMILES string of the molecule is O=C(O)C1CCN(C(=O)NC2CCN(c3c(F)cccc3F)C2)CC1. The highest BCUT2D eigenvalue weighted by molar-refractivity contribution is 5.76. The van der Waals surface area contributed by atoms with Gasteiger partial charge < -0.3 is 20.2 Å². The van der Waals surface area contributed by atoms with Gasteiger partial charge in [0.2, 0.25) is 0 Å². The smallest absolute Gasteiger partial charge is 0.317 e. The van der Waals surface area contributed by atoms with Crippen LogP contribution in [0.1, 0.15) is 19.3 Å². The van der Waals surface area contributed by atoms with Gasteiger partial charge in [-0.15, -0.1) is 0 Å². The summed E-state index contributed by atoms with van der Waals surface area (Å²) in [7, 11) is 0. The number of nitrogens with zero attached hydrogens (tertiary/aromatic N) is 2. The zero-order chi connectivity index (χ0) is 18.0. The summed E-state index contributed by atoms with van der Waals surface area (Å²) in [5.74, 6) is -2.43. The van der Waals surface area contributed by atoms with Crippen LogP contribution in [0.15, 0.2) is 18.2 Å². The van der Waals surface area contributed by atoms with Gasteiger partial charge in [-0.3, -0.25) is 4.79 Å². The van der Waals surface area contributed by atoms with E-state index in [0.29, 0.717) is 45.4 Å². The summed E-state index contributed by atoms with van der Waals surface area (Å²) in [4.78, 5) is 26.5. The normalized spacial score (nSPS) is 21.4. The van der Waals surface area contributed by atoms with Gasteiger partial charge in [0.15, 0.2) is 0 Å². The van der Waals surface area contributed by atoms with E-state index in [1.165, 1.54) is 18.2 Å². The van der Waals surface area contributed by atoms with Gasteiger partial charge in [0, 0.05) is 32.2 Å². The number of carbonyl (C=O) groups excluding carboxylic acids is 1. The Morgan fingerprint density at radius 2 is 1.72 bits per heavy atom. The van der Waals surface area contributed by atoms with Gasteiger partial charge in [-0.05, 0) is 31.4 Å². The Hall–Kier alpha value is -2.38. The molecule has 1 aromatic carbocycles. The molecular weight excluding hydrogens is 332 g/mol. The van der Waals surface area contributed by atoms with Crippen LogP contribution in [0.5, 0.6) is 0 Å². The van der Waals surface area contributed by atoms with E-state index >= 15 is 0 Å². The first-order valence-corrected chi connectivity index (χ1v) is 8.43. The van der Waals surface area contributed by atoms with Crippen molar-refractivity contribution in [1.29, 1.82) is 0 Å². The number of aliphatic carboxylic acids is 1. The summed E-state index contributed by atoms with van der Waals surface area (Å²) in [6.45, 7) is 1.61. The second kappa shape index (κ2) is 7.25. The molecule has 2 fully saturated rings. The van der Waals surface area contributed by atoms with Crippen molar-refractivity contribution in [2.75, 3.05) is 31.1 Å². The van der Waals surface area contributed by atoms with Gasteiger partial charge >= 0.3 is 12.0 Å². The number of carboxylic acid groups (broad SMARTS) is 1. The van der Waals surface area contributed by atoms with Crippen molar-refractivity contribution >= 4 is 17.7 Å². The van der Waals surface area contributed by atoms with E-state index in [-0.39, 0.29) is 17.8 Å². The molecule has 0 saturated carbocycles. The minimum atomic E-state index is -0.821. The van der Waals surface area contributed by atoms with Crippen LogP contribution in [-0.4, -0.2) is 54.2 Å². The quantitative estimate of drug-likeness (QED) is 0.872. The van der Waals surface area contributed by atoms with Gasteiger partial charge in [0.1, 0.15) is 17.3 Å². The minimum absolute atomic E-state index is 0.0541. The van der Waals surface area contributed by atoms with Crippen molar-refractivity contribution in [2.24, 2.45) is 5.92 Å². The maximum Gasteiger partial charge on any atom is 0.317 e. The Labute approximate surface area is 144 Å². The van der Waals surface area contributed by atoms with Crippen LogP contribution in [0.4, 0.5) is 19.3 Å². The van der Waals surface area contributed by atoms with Gasteiger partial charge in [0.25, 0.3) is 0 Å². The number of halogens is 2. The van der Waals surface area contributed by atoms with Crippen LogP contribution < -0.4 is 10.2 Å². The largest absolute Gasteiger partial charge is 0.481 e. The predicted molar refractivity (Wildman–Crippen MR) is 87.4 cm³/mol. The van der Waals surface area contributed by atoms with E-state index in [1.54, 1.807) is 9.80 Å². The average molecular weight is 353 g/mol. The van der Waals surface area contributed by atoms with Crippen molar-refractivity contribution in [3.63, 3.8) is 0 Å². The lowest BCUT2D eigenvalue weighted by Gasteiger charge is -2.31. The molecule has 0 bridgehead atoms. The van der Waals surface area contributed by atoms with Crippen LogP contribution in [0.2, 0.25) is 0 Å². The first-order valence-electron chi connectivity index (χ1n) is 8.43. The van der Waals surface area contributed by atoms with Crippen molar-refractivity contribution in [1.82, 2.24) is 10.2 Å². The molecule has 2 saturated heterocycles. The monoisotopic (exact) mass is 353 g/mol. The van der Waals surface area contributed by atoms with Gasteiger partial charge in [-0.2, -0.15) is 0 Å².